The number of hydrogen-bond acceptors (Lipinski definition) is 3. The van der Waals surface area contributed by atoms with E-state index in [2.05, 4.69) is 19.2 Å². The second kappa shape index (κ2) is 9.35. The molecule has 0 unspecified atom stereocenters. The minimum Gasteiger partial charge on any atom is -0.379 e. The summed E-state index contributed by atoms with van der Waals surface area (Å²) in [5, 5.41) is 3.56. The highest BCUT2D eigenvalue weighted by atomic mass is 16.5. The van der Waals surface area contributed by atoms with Crippen molar-refractivity contribution in [2.45, 2.75) is 78.0 Å². The van der Waals surface area contributed by atoms with Crippen LogP contribution in [0.15, 0.2) is 0 Å². The van der Waals surface area contributed by atoms with Crippen molar-refractivity contribution >= 4 is 5.91 Å². The zero-order valence-electron chi connectivity index (χ0n) is 13.7. The number of rotatable bonds is 8. The Hall–Kier alpha value is -0.610. The first-order valence-corrected chi connectivity index (χ1v) is 8.14. The van der Waals surface area contributed by atoms with Gasteiger partial charge in [0.25, 0.3) is 0 Å². The number of piperidine rings is 1. The van der Waals surface area contributed by atoms with Gasteiger partial charge in [-0.3, -0.25) is 4.79 Å². The van der Waals surface area contributed by atoms with E-state index in [4.69, 9.17) is 4.74 Å². The van der Waals surface area contributed by atoms with Crippen LogP contribution in [-0.2, 0) is 9.53 Å². The first-order chi connectivity index (χ1) is 9.49. The topological polar surface area (TPSA) is 41.6 Å². The van der Waals surface area contributed by atoms with Crippen molar-refractivity contribution in [3.63, 3.8) is 0 Å². The highest BCUT2D eigenvalue weighted by molar-refractivity contribution is 5.76. The van der Waals surface area contributed by atoms with Gasteiger partial charge in [-0.25, -0.2) is 0 Å². The van der Waals surface area contributed by atoms with E-state index < -0.39 is 0 Å². The Labute approximate surface area is 124 Å². The summed E-state index contributed by atoms with van der Waals surface area (Å²) >= 11 is 0. The predicted molar refractivity (Wildman–Crippen MR) is 82.8 cm³/mol. The van der Waals surface area contributed by atoms with Crippen LogP contribution in [0.1, 0.15) is 59.8 Å². The molecule has 118 valence electrons. The molecule has 0 aromatic carbocycles. The van der Waals surface area contributed by atoms with E-state index in [0.717, 1.165) is 45.4 Å². The average Bonchev–Trinajstić information content (AvgIpc) is 2.38. The number of nitrogens with one attached hydrogen (secondary N) is 1. The van der Waals surface area contributed by atoms with Crippen LogP contribution in [0.4, 0.5) is 0 Å². The molecule has 1 aliphatic rings. The maximum atomic E-state index is 12.1. The van der Waals surface area contributed by atoms with E-state index in [-0.39, 0.29) is 6.10 Å². The molecule has 1 fully saturated rings. The van der Waals surface area contributed by atoms with Crippen LogP contribution in [0.3, 0.4) is 0 Å². The summed E-state index contributed by atoms with van der Waals surface area (Å²) in [6, 6.07) is 1.11. The van der Waals surface area contributed by atoms with Gasteiger partial charge in [0.2, 0.25) is 5.91 Å². The van der Waals surface area contributed by atoms with Gasteiger partial charge in [-0.05, 0) is 39.5 Å². The van der Waals surface area contributed by atoms with Crippen molar-refractivity contribution in [2.24, 2.45) is 0 Å². The lowest BCUT2D eigenvalue weighted by molar-refractivity contribution is -0.132. The second-order valence-corrected chi connectivity index (χ2v) is 6.35. The van der Waals surface area contributed by atoms with Crippen LogP contribution in [0.2, 0.25) is 0 Å². The molecule has 1 amide bonds. The van der Waals surface area contributed by atoms with Crippen LogP contribution in [0.5, 0.6) is 0 Å². The predicted octanol–water partition coefficient (Wildman–Crippen LogP) is 2.57. The minimum atomic E-state index is 0.290. The van der Waals surface area contributed by atoms with Crippen LogP contribution in [0, 0.1) is 0 Å². The number of likely N-dealkylation sites (tertiary alicyclic amines) is 1. The number of carbonyl (C=O) groups is 1. The summed E-state index contributed by atoms with van der Waals surface area (Å²) in [5.74, 6) is 0.317. The van der Waals surface area contributed by atoms with Crippen LogP contribution in [0.25, 0.3) is 0 Å². The molecule has 20 heavy (non-hydrogen) atoms. The fraction of sp³-hybridized carbons (Fsp3) is 0.938. The summed E-state index contributed by atoms with van der Waals surface area (Å²) in [7, 11) is 0. The first-order valence-electron chi connectivity index (χ1n) is 8.14. The molecule has 4 heteroatoms. The fourth-order valence-electron chi connectivity index (χ4n) is 2.62. The van der Waals surface area contributed by atoms with Crippen LogP contribution >= 0.6 is 0 Å². The molecule has 0 bridgehead atoms. The van der Waals surface area contributed by atoms with Gasteiger partial charge >= 0.3 is 0 Å². The van der Waals surface area contributed by atoms with Gasteiger partial charge in [0.1, 0.15) is 0 Å². The third-order valence-corrected chi connectivity index (χ3v) is 3.65. The Bertz CT molecular complexity index is 272. The SMILES string of the molecule is CC(C)NC1CCN(C(=O)CCCCOC(C)C)CC1. The van der Waals surface area contributed by atoms with Gasteiger partial charge in [0, 0.05) is 38.2 Å². The monoisotopic (exact) mass is 284 g/mol. The molecule has 0 saturated carbocycles. The van der Waals surface area contributed by atoms with E-state index >= 15 is 0 Å². The van der Waals surface area contributed by atoms with Crippen molar-refractivity contribution in [3.05, 3.63) is 0 Å². The molecule has 0 atom stereocenters. The van der Waals surface area contributed by atoms with E-state index in [9.17, 15) is 4.79 Å². The summed E-state index contributed by atoms with van der Waals surface area (Å²) in [6.45, 7) is 11.0. The lowest BCUT2D eigenvalue weighted by atomic mass is 10.0. The quantitative estimate of drug-likeness (QED) is 0.697. The van der Waals surface area contributed by atoms with Crippen LogP contribution < -0.4 is 5.32 Å². The van der Waals surface area contributed by atoms with Gasteiger partial charge in [-0.2, -0.15) is 0 Å². The maximum Gasteiger partial charge on any atom is 0.222 e. The molecular weight excluding hydrogens is 252 g/mol. The highest BCUT2D eigenvalue weighted by Gasteiger charge is 2.22. The second-order valence-electron chi connectivity index (χ2n) is 6.35. The molecule has 4 nitrogen and oxygen atoms in total. The number of nitrogens with zero attached hydrogens (tertiary/aromatic N) is 1. The third-order valence-electron chi connectivity index (χ3n) is 3.65. The molecule has 0 radical (unpaired) electrons. The lowest BCUT2D eigenvalue weighted by Crippen LogP contribution is -2.46. The molecule has 0 aliphatic carbocycles. The normalized spacial score (nSPS) is 17.2. The van der Waals surface area contributed by atoms with E-state index in [0.29, 0.717) is 24.4 Å². The number of ether oxygens (including phenoxy) is 1. The zero-order chi connectivity index (χ0) is 15.0. The van der Waals surface area contributed by atoms with Crippen molar-refractivity contribution in [1.82, 2.24) is 10.2 Å². The van der Waals surface area contributed by atoms with Gasteiger partial charge in [-0.1, -0.05) is 13.8 Å². The molecule has 0 aromatic rings. The molecule has 1 rings (SSSR count). The minimum absolute atomic E-state index is 0.290. The lowest BCUT2D eigenvalue weighted by Gasteiger charge is -2.33. The Kier molecular flexibility index (Phi) is 8.15. The summed E-state index contributed by atoms with van der Waals surface area (Å²) in [6.07, 6.45) is 5.05. The van der Waals surface area contributed by atoms with Crippen molar-refractivity contribution < 1.29 is 9.53 Å². The van der Waals surface area contributed by atoms with Gasteiger partial charge in [0.05, 0.1) is 6.10 Å². The van der Waals surface area contributed by atoms with Gasteiger partial charge in [-0.15, -0.1) is 0 Å². The van der Waals surface area contributed by atoms with Gasteiger partial charge < -0.3 is 15.0 Å². The molecular formula is C16H32N2O2. The Morgan fingerprint density at radius 3 is 2.40 bits per heavy atom. The molecule has 1 aliphatic heterocycles. The van der Waals surface area contributed by atoms with E-state index in [1.165, 1.54) is 0 Å². The number of amides is 1. The van der Waals surface area contributed by atoms with Gasteiger partial charge in [0.15, 0.2) is 0 Å². The Morgan fingerprint density at radius 1 is 1.20 bits per heavy atom. The Morgan fingerprint density at radius 2 is 1.85 bits per heavy atom. The van der Waals surface area contributed by atoms with Crippen LogP contribution in [-0.4, -0.2) is 48.7 Å². The third kappa shape index (κ3) is 7.25. The largest absolute Gasteiger partial charge is 0.379 e. The highest BCUT2D eigenvalue weighted by Crippen LogP contribution is 2.13. The number of hydrogen-bond donors (Lipinski definition) is 1. The maximum absolute atomic E-state index is 12.1. The smallest absolute Gasteiger partial charge is 0.222 e. The summed E-state index contributed by atoms with van der Waals surface area (Å²) in [5.41, 5.74) is 0. The fourth-order valence-corrected chi connectivity index (χ4v) is 2.62. The number of unbranched alkanes of at least 4 members (excludes halogenated alkanes) is 1. The molecule has 0 spiro atoms. The molecule has 1 saturated heterocycles. The van der Waals surface area contributed by atoms with Crippen molar-refractivity contribution in [3.8, 4) is 0 Å². The molecule has 0 aromatic heterocycles. The molecule has 1 heterocycles. The number of carbonyl (C=O) groups excluding carboxylic acids is 1. The van der Waals surface area contributed by atoms with E-state index in [1.807, 2.05) is 18.7 Å². The van der Waals surface area contributed by atoms with Crippen molar-refractivity contribution in [2.75, 3.05) is 19.7 Å². The summed E-state index contributed by atoms with van der Waals surface area (Å²) < 4.78 is 5.49. The zero-order valence-corrected chi connectivity index (χ0v) is 13.7. The van der Waals surface area contributed by atoms with E-state index in [1.54, 1.807) is 0 Å². The average molecular weight is 284 g/mol. The Balaban J connectivity index is 2.10. The standard InChI is InChI=1S/C16H32N2O2/c1-13(2)17-15-8-10-18(11-9-15)16(19)7-5-6-12-20-14(3)4/h13-15,17H,5-12H2,1-4H3. The van der Waals surface area contributed by atoms with Crippen molar-refractivity contribution in [1.29, 1.82) is 0 Å². The summed E-state index contributed by atoms with van der Waals surface area (Å²) in [4.78, 5) is 14.1. The molecule has 1 N–H and O–H groups in total. The first kappa shape index (κ1) is 17.4.